The van der Waals surface area contributed by atoms with Crippen molar-refractivity contribution in [2.24, 2.45) is 0 Å². The molecular weight excluding hydrogens is 329 g/mol. The molecule has 0 aliphatic rings. The first-order valence-electron chi connectivity index (χ1n) is 5.78. The molecule has 2 rings (SSSR count). The van der Waals surface area contributed by atoms with Gasteiger partial charge in [-0.05, 0) is 46.6 Å². The van der Waals surface area contributed by atoms with E-state index in [0.29, 0.717) is 15.7 Å². The number of rotatable bonds is 4. The van der Waals surface area contributed by atoms with E-state index in [2.05, 4.69) is 26.2 Å². The lowest BCUT2D eigenvalue weighted by molar-refractivity contribution is -0.385. The van der Waals surface area contributed by atoms with E-state index in [4.69, 9.17) is 0 Å². The average Bonchev–Trinajstić information content (AvgIpc) is 2.38. The van der Waals surface area contributed by atoms with Crippen molar-refractivity contribution in [1.29, 1.82) is 0 Å². The highest BCUT2D eigenvalue weighted by Gasteiger charge is 2.13. The zero-order chi connectivity index (χ0) is 14.7. The largest absolute Gasteiger partial charge is 0.378 e. The molecule has 0 saturated carbocycles. The zero-order valence-corrected chi connectivity index (χ0v) is 12.1. The van der Waals surface area contributed by atoms with Crippen LogP contribution in [0, 0.1) is 15.9 Å². The van der Waals surface area contributed by atoms with E-state index in [0.717, 1.165) is 6.20 Å². The topological polar surface area (TPSA) is 68.1 Å². The molecule has 2 aromatic rings. The van der Waals surface area contributed by atoms with E-state index in [9.17, 15) is 14.5 Å². The van der Waals surface area contributed by atoms with Crippen molar-refractivity contribution in [3.8, 4) is 0 Å². The van der Waals surface area contributed by atoms with Gasteiger partial charge in [-0.2, -0.15) is 0 Å². The van der Waals surface area contributed by atoms with Crippen LogP contribution >= 0.6 is 15.9 Å². The summed E-state index contributed by atoms with van der Waals surface area (Å²) in [4.78, 5) is 14.0. The van der Waals surface area contributed by atoms with Crippen LogP contribution < -0.4 is 5.32 Å². The number of halogens is 2. The Hall–Kier alpha value is -2.02. The molecule has 0 fully saturated rings. The van der Waals surface area contributed by atoms with Crippen LogP contribution in [0.4, 0.5) is 15.8 Å². The fourth-order valence-corrected chi connectivity index (χ4v) is 2.27. The molecule has 1 N–H and O–H groups in total. The molecule has 104 valence electrons. The average molecular weight is 340 g/mol. The molecule has 1 atom stereocenters. The smallest absolute Gasteiger partial charge is 0.283 e. The highest BCUT2D eigenvalue weighted by molar-refractivity contribution is 9.10. The Morgan fingerprint density at radius 1 is 1.40 bits per heavy atom. The minimum absolute atomic E-state index is 0.00405. The number of anilines is 1. The predicted molar refractivity (Wildman–Crippen MR) is 77.0 cm³/mol. The standard InChI is InChI=1S/C13H11BrFN3O2/c1-8(9-4-10(15)7-16-6-9)17-11-2-3-13(18(19)20)12(14)5-11/h2-8,17H,1H3. The molecule has 0 aliphatic carbocycles. The number of hydrogen-bond acceptors (Lipinski definition) is 4. The lowest BCUT2D eigenvalue weighted by Crippen LogP contribution is -2.07. The monoisotopic (exact) mass is 339 g/mol. The van der Waals surface area contributed by atoms with Gasteiger partial charge in [0.2, 0.25) is 0 Å². The van der Waals surface area contributed by atoms with Crippen LogP contribution in [0.5, 0.6) is 0 Å². The van der Waals surface area contributed by atoms with Crippen LogP contribution in [0.15, 0.2) is 41.1 Å². The summed E-state index contributed by atoms with van der Waals surface area (Å²) in [6, 6.07) is 5.84. The summed E-state index contributed by atoms with van der Waals surface area (Å²) in [7, 11) is 0. The predicted octanol–water partition coefficient (Wildman–Crippen LogP) is 4.06. The second-order valence-electron chi connectivity index (χ2n) is 4.23. The second-order valence-corrected chi connectivity index (χ2v) is 5.08. The van der Waals surface area contributed by atoms with Crippen LogP contribution in [0.25, 0.3) is 0 Å². The molecule has 1 aromatic heterocycles. The molecule has 0 bridgehead atoms. The van der Waals surface area contributed by atoms with E-state index in [1.165, 1.54) is 12.1 Å². The van der Waals surface area contributed by atoms with Crippen molar-refractivity contribution in [3.05, 3.63) is 62.6 Å². The van der Waals surface area contributed by atoms with E-state index in [1.807, 2.05) is 6.92 Å². The number of nitro benzene ring substituents is 1. The lowest BCUT2D eigenvalue weighted by Gasteiger charge is -2.15. The van der Waals surface area contributed by atoms with Crippen LogP contribution in [-0.4, -0.2) is 9.91 Å². The van der Waals surface area contributed by atoms with Gasteiger partial charge in [0.05, 0.1) is 21.6 Å². The molecule has 0 radical (unpaired) electrons. The maximum Gasteiger partial charge on any atom is 0.283 e. The van der Waals surface area contributed by atoms with Gasteiger partial charge in [-0.15, -0.1) is 0 Å². The molecule has 20 heavy (non-hydrogen) atoms. The Morgan fingerprint density at radius 3 is 2.75 bits per heavy atom. The molecule has 5 nitrogen and oxygen atoms in total. The van der Waals surface area contributed by atoms with Crippen molar-refractivity contribution in [2.75, 3.05) is 5.32 Å². The second kappa shape index (κ2) is 5.96. The Balaban J connectivity index is 2.18. The van der Waals surface area contributed by atoms with Crippen LogP contribution in [-0.2, 0) is 0 Å². The van der Waals surface area contributed by atoms with Gasteiger partial charge in [-0.3, -0.25) is 15.1 Å². The van der Waals surface area contributed by atoms with Gasteiger partial charge in [-0.1, -0.05) is 0 Å². The number of pyridine rings is 1. The Bertz CT molecular complexity index is 651. The van der Waals surface area contributed by atoms with Gasteiger partial charge in [0.1, 0.15) is 5.82 Å². The zero-order valence-electron chi connectivity index (χ0n) is 10.5. The minimum Gasteiger partial charge on any atom is -0.378 e. The van der Waals surface area contributed by atoms with Gasteiger partial charge in [0.15, 0.2) is 0 Å². The molecule has 0 amide bonds. The molecule has 0 spiro atoms. The third-order valence-electron chi connectivity index (χ3n) is 2.75. The number of nitrogens with one attached hydrogen (secondary N) is 1. The summed E-state index contributed by atoms with van der Waals surface area (Å²) in [5, 5.41) is 13.9. The van der Waals surface area contributed by atoms with Crippen LogP contribution in [0.2, 0.25) is 0 Å². The van der Waals surface area contributed by atoms with Gasteiger partial charge in [0, 0.05) is 18.0 Å². The first-order chi connectivity index (χ1) is 9.47. The Labute approximate surface area is 123 Å². The summed E-state index contributed by atoms with van der Waals surface area (Å²) in [5.41, 5.74) is 1.38. The fraction of sp³-hybridized carbons (Fsp3) is 0.154. The summed E-state index contributed by atoms with van der Waals surface area (Å²) < 4.78 is 13.5. The minimum atomic E-state index is -0.464. The third-order valence-corrected chi connectivity index (χ3v) is 3.39. The van der Waals surface area contributed by atoms with Gasteiger partial charge >= 0.3 is 0 Å². The quantitative estimate of drug-likeness (QED) is 0.673. The third kappa shape index (κ3) is 3.30. The molecule has 0 saturated heterocycles. The van der Waals surface area contributed by atoms with Crippen LogP contribution in [0.1, 0.15) is 18.5 Å². The van der Waals surface area contributed by atoms with Crippen molar-refractivity contribution in [1.82, 2.24) is 4.98 Å². The van der Waals surface area contributed by atoms with Gasteiger partial charge in [0.25, 0.3) is 5.69 Å². The first-order valence-corrected chi connectivity index (χ1v) is 6.57. The number of nitro groups is 1. The van der Waals surface area contributed by atoms with Crippen molar-refractivity contribution in [3.63, 3.8) is 0 Å². The summed E-state index contributed by atoms with van der Waals surface area (Å²) in [6.07, 6.45) is 2.71. The molecule has 1 aromatic carbocycles. The maximum absolute atomic E-state index is 13.1. The van der Waals surface area contributed by atoms with Crippen molar-refractivity contribution >= 4 is 27.3 Å². The molecule has 1 heterocycles. The van der Waals surface area contributed by atoms with Crippen LogP contribution in [0.3, 0.4) is 0 Å². The highest BCUT2D eigenvalue weighted by Crippen LogP contribution is 2.29. The molecule has 7 heteroatoms. The number of hydrogen-bond donors (Lipinski definition) is 1. The number of nitrogens with zero attached hydrogens (tertiary/aromatic N) is 2. The summed E-state index contributed by atoms with van der Waals surface area (Å²) in [5.74, 6) is -0.402. The number of aromatic nitrogens is 1. The van der Waals surface area contributed by atoms with Crippen molar-refractivity contribution in [2.45, 2.75) is 13.0 Å². The summed E-state index contributed by atoms with van der Waals surface area (Å²) in [6.45, 7) is 1.85. The van der Waals surface area contributed by atoms with Crippen molar-refractivity contribution < 1.29 is 9.31 Å². The molecular formula is C13H11BrFN3O2. The Kier molecular flexibility index (Phi) is 4.29. The lowest BCUT2D eigenvalue weighted by atomic mass is 10.1. The SMILES string of the molecule is CC(Nc1ccc([N+](=O)[O-])c(Br)c1)c1cncc(F)c1. The number of benzene rings is 1. The van der Waals surface area contributed by atoms with E-state index < -0.39 is 10.7 Å². The highest BCUT2D eigenvalue weighted by atomic mass is 79.9. The normalized spacial score (nSPS) is 11.9. The summed E-state index contributed by atoms with van der Waals surface area (Å²) >= 11 is 3.15. The van der Waals surface area contributed by atoms with Gasteiger partial charge in [-0.25, -0.2) is 4.39 Å². The van der Waals surface area contributed by atoms with E-state index >= 15 is 0 Å². The van der Waals surface area contributed by atoms with Gasteiger partial charge < -0.3 is 5.32 Å². The molecule has 0 aliphatic heterocycles. The van der Waals surface area contributed by atoms with E-state index in [-0.39, 0.29) is 11.7 Å². The maximum atomic E-state index is 13.1. The Morgan fingerprint density at radius 2 is 2.15 bits per heavy atom. The molecule has 1 unspecified atom stereocenters. The fourth-order valence-electron chi connectivity index (χ4n) is 1.74. The first kappa shape index (κ1) is 14.4. The van der Waals surface area contributed by atoms with E-state index in [1.54, 1.807) is 18.3 Å².